The fourth-order valence-electron chi connectivity index (χ4n) is 0.602. The lowest BCUT2D eigenvalue weighted by Gasteiger charge is -2.11. The molecule has 0 fully saturated rings. The molecule has 0 N–H and O–H groups in total. The smallest absolute Gasteiger partial charge is 0.0802 e. The molecule has 0 aromatic carbocycles. The van der Waals surface area contributed by atoms with Crippen molar-refractivity contribution in [3.63, 3.8) is 0 Å². The van der Waals surface area contributed by atoms with Crippen LogP contribution in [-0.2, 0) is 9.47 Å². The van der Waals surface area contributed by atoms with Gasteiger partial charge in [0.25, 0.3) is 0 Å². The van der Waals surface area contributed by atoms with E-state index in [0.717, 1.165) is 19.6 Å². The van der Waals surface area contributed by atoms with Gasteiger partial charge >= 0.3 is 0 Å². The van der Waals surface area contributed by atoms with E-state index >= 15 is 0 Å². The van der Waals surface area contributed by atoms with Crippen LogP contribution in [0.15, 0.2) is 0 Å². The Kier molecular flexibility index (Phi) is 5.99. The van der Waals surface area contributed by atoms with E-state index in [2.05, 4.69) is 6.92 Å². The van der Waals surface area contributed by atoms with E-state index in [9.17, 15) is 0 Å². The Bertz CT molecular complexity index is 50.9. The summed E-state index contributed by atoms with van der Waals surface area (Å²) in [5.41, 5.74) is 0. The van der Waals surface area contributed by atoms with Crippen molar-refractivity contribution in [2.24, 2.45) is 0 Å². The molecule has 9 heavy (non-hydrogen) atoms. The first-order chi connectivity index (χ1) is 4.35. The molecule has 0 aliphatic carbocycles. The van der Waals surface area contributed by atoms with E-state index in [-0.39, 0.29) is 6.10 Å². The third-order valence-electron chi connectivity index (χ3n) is 1.30. The van der Waals surface area contributed by atoms with E-state index in [1.165, 1.54) is 0 Å². The first kappa shape index (κ1) is 8.92. The van der Waals surface area contributed by atoms with Gasteiger partial charge in [-0.15, -0.1) is 0 Å². The fraction of sp³-hybridized carbons (Fsp3) is 1.00. The Balaban J connectivity index is 3.09. The maximum Gasteiger partial charge on any atom is 0.0802 e. The van der Waals surface area contributed by atoms with Crippen LogP contribution in [-0.4, -0.2) is 26.4 Å². The Morgan fingerprint density at radius 2 is 2.00 bits per heavy atom. The van der Waals surface area contributed by atoms with Crippen molar-refractivity contribution < 1.29 is 9.47 Å². The molecule has 0 radical (unpaired) electrons. The zero-order valence-electron chi connectivity index (χ0n) is 6.52. The number of rotatable bonds is 5. The first-order valence-electron chi connectivity index (χ1n) is 3.45. The molecule has 1 atom stereocenters. The number of hydrogen-bond acceptors (Lipinski definition) is 2. The van der Waals surface area contributed by atoms with Gasteiger partial charge in [-0.2, -0.15) is 0 Å². The van der Waals surface area contributed by atoms with Crippen molar-refractivity contribution in [3.8, 4) is 0 Å². The second kappa shape index (κ2) is 6.05. The van der Waals surface area contributed by atoms with E-state index in [1.807, 2.05) is 6.92 Å². The summed E-state index contributed by atoms with van der Waals surface area (Å²) < 4.78 is 10.2. The molecule has 0 spiro atoms. The van der Waals surface area contributed by atoms with Crippen LogP contribution < -0.4 is 0 Å². The predicted octanol–water partition coefficient (Wildman–Crippen LogP) is 1.45. The van der Waals surface area contributed by atoms with Crippen molar-refractivity contribution in [3.05, 3.63) is 0 Å². The summed E-state index contributed by atoms with van der Waals surface area (Å²) in [4.78, 5) is 0. The van der Waals surface area contributed by atoms with Crippen LogP contribution in [0.1, 0.15) is 20.3 Å². The quantitative estimate of drug-likeness (QED) is 0.563. The van der Waals surface area contributed by atoms with Gasteiger partial charge < -0.3 is 9.47 Å². The minimum Gasteiger partial charge on any atom is -0.379 e. The normalized spacial score (nSPS) is 13.7. The van der Waals surface area contributed by atoms with Crippen LogP contribution in [0, 0.1) is 0 Å². The lowest BCUT2D eigenvalue weighted by Crippen LogP contribution is -2.16. The van der Waals surface area contributed by atoms with Gasteiger partial charge in [-0.1, -0.05) is 6.92 Å². The zero-order valence-corrected chi connectivity index (χ0v) is 6.52. The number of ether oxygens (including phenoxy) is 2. The second-order valence-electron chi connectivity index (χ2n) is 1.93. The van der Waals surface area contributed by atoms with Crippen molar-refractivity contribution in [1.29, 1.82) is 0 Å². The van der Waals surface area contributed by atoms with Crippen LogP contribution >= 0.6 is 0 Å². The Morgan fingerprint density at radius 3 is 2.33 bits per heavy atom. The van der Waals surface area contributed by atoms with Crippen molar-refractivity contribution in [2.45, 2.75) is 26.4 Å². The lowest BCUT2D eigenvalue weighted by atomic mass is 10.3. The minimum absolute atomic E-state index is 0.282. The van der Waals surface area contributed by atoms with Gasteiger partial charge in [-0.3, -0.25) is 0 Å². The summed E-state index contributed by atoms with van der Waals surface area (Å²) in [5, 5.41) is 0. The van der Waals surface area contributed by atoms with Gasteiger partial charge in [0.15, 0.2) is 0 Å². The molecule has 56 valence electrons. The van der Waals surface area contributed by atoms with Gasteiger partial charge in [0.2, 0.25) is 0 Å². The predicted molar refractivity (Wildman–Crippen MR) is 37.6 cm³/mol. The molecular formula is C7H16O2. The molecule has 0 aromatic rings. The Labute approximate surface area is 57.2 Å². The van der Waals surface area contributed by atoms with E-state index in [4.69, 9.17) is 9.47 Å². The van der Waals surface area contributed by atoms with Crippen LogP contribution in [0.4, 0.5) is 0 Å². The molecular weight excluding hydrogens is 116 g/mol. The largest absolute Gasteiger partial charge is 0.379 e. The number of methoxy groups -OCH3 is 1. The summed E-state index contributed by atoms with van der Waals surface area (Å²) in [5.74, 6) is 0. The SMILES string of the molecule is CCOC[C@H](CC)OC. The fourth-order valence-corrected chi connectivity index (χ4v) is 0.602. The van der Waals surface area contributed by atoms with E-state index in [0.29, 0.717) is 0 Å². The number of hydrogen-bond donors (Lipinski definition) is 0. The third-order valence-corrected chi connectivity index (χ3v) is 1.30. The highest BCUT2D eigenvalue weighted by Crippen LogP contribution is 1.95. The molecule has 0 saturated carbocycles. The summed E-state index contributed by atoms with van der Waals surface area (Å²) in [6.07, 6.45) is 1.31. The molecule has 0 unspecified atom stereocenters. The highest BCUT2D eigenvalue weighted by atomic mass is 16.5. The average Bonchev–Trinajstić information content (AvgIpc) is 1.91. The highest BCUT2D eigenvalue weighted by Gasteiger charge is 2.01. The van der Waals surface area contributed by atoms with Crippen molar-refractivity contribution >= 4 is 0 Å². The zero-order chi connectivity index (χ0) is 7.11. The molecule has 2 heteroatoms. The first-order valence-corrected chi connectivity index (χ1v) is 3.45. The summed E-state index contributed by atoms with van der Waals surface area (Å²) in [7, 11) is 1.72. The van der Waals surface area contributed by atoms with Crippen LogP contribution in [0.2, 0.25) is 0 Å². The van der Waals surface area contributed by atoms with Crippen LogP contribution in [0.3, 0.4) is 0 Å². The molecule has 0 aromatic heterocycles. The standard InChI is InChI=1S/C7H16O2/c1-4-7(8-3)6-9-5-2/h7H,4-6H2,1-3H3/t7-/m0/s1. The summed E-state index contributed by atoms with van der Waals surface area (Å²) in [6.45, 7) is 5.58. The van der Waals surface area contributed by atoms with Gasteiger partial charge in [-0.25, -0.2) is 0 Å². The maximum absolute atomic E-state index is 5.15. The molecule has 0 bridgehead atoms. The molecule has 2 nitrogen and oxygen atoms in total. The Hall–Kier alpha value is -0.0800. The lowest BCUT2D eigenvalue weighted by molar-refractivity contribution is 0.0111. The minimum atomic E-state index is 0.282. The van der Waals surface area contributed by atoms with Crippen LogP contribution in [0.5, 0.6) is 0 Å². The van der Waals surface area contributed by atoms with Gasteiger partial charge in [0, 0.05) is 13.7 Å². The summed E-state index contributed by atoms with van der Waals surface area (Å²) >= 11 is 0. The molecule has 0 amide bonds. The van der Waals surface area contributed by atoms with Gasteiger partial charge in [0.05, 0.1) is 12.7 Å². The maximum atomic E-state index is 5.15. The second-order valence-corrected chi connectivity index (χ2v) is 1.93. The highest BCUT2D eigenvalue weighted by molar-refractivity contribution is 4.50. The van der Waals surface area contributed by atoms with Gasteiger partial charge in [-0.05, 0) is 13.3 Å². The monoisotopic (exact) mass is 132 g/mol. The van der Waals surface area contributed by atoms with Crippen molar-refractivity contribution in [1.82, 2.24) is 0 Å². The van der Waals surface area contributed by atoms with Gasteiger partial charge in [0.1, 0.15) is 0 Å². The molecule has 0 rings (SSSR count). The van der Waals surface area contributed by atoms with Crippen LogP contribution in [0.25, 0.3) is 0 Å². The summed E-state index contributed by atoms with van der Waals surface area (Å²) in [6, 6.07) is 0. The topological polar surface area (TPSA) is 18.5 Å². The van der Waals surface area contributed by atoms with Crippen molar-refractivity contribution in [2.75, 3.05) is 20.3 Å². The molecule has 0 heterocycles. The molecule has 0 saturated heterocycles. The van der Waals surface area contributed by atoms with E-state index in [1.54, 1.807) is 7.11 Å². The molecule has 0 aliphatic heterocycles. The third kappa shape index (κ3) is 4.43. The van der Waals surface area contributed by atoms with E-state index < -0.39 is 0 Å². The Morgan fingerprint density at radius 1 is 1.33 bits per heavy atom. The average molecular weight is 132 g/mol. The molecule has 0 aliphatic rings.